The highest BCUT2D eigenvalue weighted by atomic mass is 79.9. The Balaban J connectivity index is 1.91. The van der Waals surface area contributed by atoms with Gasteiger partial charge in [0.15, 0.2) is 23.1 Å². The van der Waals surface area contributed by atoms with Crippen LogP contribution in [0.1, 0.15) is 28.9 Å². The zero-order valence-corrected chi connectivity index (χ0v) is 17.5. The molecule has 2 unspecified atom stereocenters. The van der Waals surface area contributed by atoms with Gasteiger partial charge in [-0.3, -0.25) is 9.59 Å². The summed E-state index contributed by atoms with van der Waals surface area (Å²) >= 11 is 4.51. The highest BCUT2D eigenvalue weighted by molar-refractivity contribution is 9.09. The number of fused-ring (bicyclic) bond motifs is 1. The van der Waals surface area contributed by atoms with Crippen LogP contribution in [0.4, 0.5) is 4.39 Å². The van der Waals surface area contributed by atoms with E-state index < -0.39 is 17.7 Å². The van der Waals surface area contributed by atoms with Crippen molar-refractivity contribution in [3.63, 3.8) is 0 Å². The number of rotatable bonds is 8. The monoisotopic (exact) mass is 458 g/mol. The van der Waals surface area contributed by atoms with Gasteiger partial charge in [-0.05, 0) is 25.3 Å². The molecule has 0 radical (unpaired) electrons. The Hall–Kier alpha value is -1.67. The molecule has 0 aliphatic heterocycles. The Kier molecular flexibility index (Phi) is 6.37. The minimum Gasteiger partial charge on any atom is -0.493 e. The summed E-state index contributed by atoms with van der Waals surface area (Å²) < 4.78 is 31.2. The Bertz CT molecular complexity index is 865. The van der Waals surface area contributed by atoms with E-state index in [9.17, 15) is 14.0 Å². The molecular weight excluding hydrogens is 439 g/mol. The molecular formula is C19H20BrFO5S. The molecule has 146 valence electrons. The molecule has 27 heavy (non-hydrogen) atoms. The maximum Gasteiger partial charge on any atom is 0.309 e. The number of alkyl halides is 1. The normalized spacial score (nSPS) is 18.8. The van der Waals surface area contributed by atoms with Crippen LogP contribution in [-0.2, 0) is 9.53 Å². The first-order valence-corrected chi connectivity index (χ1v) is 10.6. The lowest BCUT2D eigenvalue weighted by atomic mass is 9.71. The second-order valence-corrected chi connectivity index (χ2v) is 8.19. The van der Waals surface area contributed by atoms with Gasteiger partial charge in [0.25, 0.3) is 0 Å². The zero-order valence-electron chi connectivity index (χ0n) is 15.1. The van der Waals surface area contributed by atoms with Gasteiger partial charge in [0, 0.05) is 27.4 Å². The molecule has 0 bridgehead atoms. The second kappa shape index (κ2) is 8.56. The third-order valence-electron chi connectivity index (χ3n) is 4.78. The Morgan fingerprint density at radius 1 is 1.26 bits per heavy atom. The molecule has 1 heterocycles. The predicted molar refractivity (Wildman–Crippen MR) is 105 cm³/mol. The van der Waals surface area contributed by atoms with Crippen LogP contribution in [0.25, 0.3) is 10.1 Å². The number of thiophene rings is 1. The number of halogens is 2. The van der Waals surface area contributed by atoms with Gasteiger partial charge < -0.3 is 14.2 Å². The predicted octanol–water partition coefficient (Wildman–Crippen LogP) is 4.59. The van der Waals surface area contributed by atoms with Crippen molar-refractivity contribution in [2.24, 2.45) is 11.8 Å². The Morgan fingerprint density at radius 2 is 2.00 bits per heavy atom. The van der Waals surface area contributed by atoms with Gasteiger partial charge in [-0.2, -0.15) is 0 Å². The summed E-state index contributed by atoms with van der Waals surface area (Å²) in [6.07, 6.45) is 2.01. The molecule has 0 amide bonds. The summed E-state index contributed by atoms with van der Waals surface area (Å²) in [5.74, 6) is -1.49. The maximum atomic E-state index is 15.0. The molecule has 1 aromatic heterocycles. The van der Waals surface area contributed by atoms with Crippen LogP contribution >= 0.6 is 27.3 Å². The van der Waals surface area contributed by atoms with Crippen LogP contribution in [0.2, 0.25) is 0 Å². The fraction of sp³-hybridized carbons (Fsp3) is 0.474. The van der Waals surface area contributed by atoms with Gasteiger partial charge in [0.2, 0.25) is 0 Å². The SMILES string of the molecule is COC(=O)C1CCC1C(=O)c1cc2c(F)c(OCCCBr)c(OC)cc2s1. The van der Waals surface area contributed by atoms with E-state index in [4.69, 9.17) is 14.2 Å². The molecule has 1 aliphatic rings. The first-order valence-electron chi connectivity index (χ1n) is 8.62. The number of hydrogen-bond donors (Lipinski definition) is 0. The van der Waals surface area contributed by atoms with Crippen LogP contribution in [0.3, 0.4) is 0 Å². The van der Waals surface area contributed by atoms with Crippen molar-refractivity contribution in [3.05, 3.63) is 22.8 Å². The number of hydrogen-bond acceptors (Lipinski definition) is 6. The van der Waals surface area contributed by atoms with E-state index in [1.54, 1.807) is 12.1 Å². The summed E-state index contributed by atoms with van der Waals surface area (Å²) in [5, 5.41) is 1.07. The second-order valence-electron chi connectivity index (χ2n) is 6.31. The van der Waals surface area contributed by atoms with E-state index in [0.717, 1.165) is 11.8 Å². The van der Waals surface area contributed by atoms with E-state index >= 15 is 0 Å². The quantitative estimate of drug-likeness (QED) is 0.250. The number of Topliss-reactive ketones (excluding diaryl/α,β-unsaturated/α-hetero) is 1. The molecule has 3 rings (SSSR count). The summed E-state index contributed by atoms with van der Waals surface area (Å²) in [6.45, 7) is 0.350. The van der Waals surface area contributed by atoms with Gasteiger partial charge in [-0.1, -0.05) is 15.9 Å². The first kappa shape index (κ1) is 20.1. The van der Waals surface area contributed by atoms with Crippen LogP contribution in [-0.4, -0.2) is 37.9 Å². The van der Waals surface area contributed by atoms with E-state index in [0.29, 0.717) is 40.2 Å². The van der Waals surface area contributed by atoms with Crippen molar-refractivity contribution in [1.29, 1.82) is 0 Å². The van der Waals surface area contributed by atoms with E-state index in [1.807, 2.05) is 0 Å². The molecule has 8 heteroatoms. The topological polar surface area (TPSA) is 61.8 Å². The van der Waals surface area contributed by atoms with Crippen molar-refractivity contribution in [2.75, 3.05) is 26.2 Å². The summed E-state index contributed by atoms with van der Waals surface area (Å²) in [7, 11) is 2.77. The summed E-state index contributed by atoms with van der Waals surface area (Å²) in [6, 6.07) is 3.23. The number of carbonyl (C=O) groups is 2. The lowest BCUT2D eigenvalue weighted by molar-refractivity contribution is -0.150. The van der Waals surface area contributed by atoms with Crippen LogP contribution in [0.5, 0.6) is 11.5 Å². The smallest absolute Gasteiger partial charge is 0.309 e. The summed E-state index contributed by atoms with van der Waals surface area (Å²) in [5.41, 5.74) is 0. The number of methoxy groups -OCH3 is 2. The number of carbonyl (C=O) groups excluding carboxylic acids is 2. The van der Waals surface area contributed by atoms with E-state index in [2.05, 4.69) is 15.9 Å². The molecule has 0 saturated heterocycles. The summed E-state index contributed by atoms with van der Waals surface area (Å²) in [4.78, 5) is 25.0. The van der Waals surface area contributed by atoms with Crippen molar-refractivity contribution >= 4 is 49.1 Å². The van der Waals surface area contributed by atoms with Gasteiger partial charge in [-0.25, -0.2) is 4.39 Å². The van der Waals surface area contributed by atoms with Crippen LogP contribution in [0, 0.1) is 17.7 Å². The minimum atomic E-state index is -0.535. The number of ether oxygens (including phenoxy) is 3. The zero-order chi connectivity index (χ0) is 19.6. The van der Waals surface area contributed by atoms with Gasteiger partial charge in [0.1, 0.15) is 0 Å². The number of ketones is 1. The molecule has 0 spiro atoms. The highest BCUT2D eigenvalue weighted by Gasteiger charge is 2.42. The third-order valence-corrected chi connectivity index (χ3v) is 6.44. The standard InChI is InChI=1S/C19H20BrFO5S/c1-24-13-9-14-12(16(21)18(13)26-7-3-6-20)8-15(27-14)17(22)10-4-5-11(10)19(23)25-2/h8-11H,3-7H2,1-2H3. The fourth-order valence-corrected chi connectivity index (χ4v) is 4.48. The largest absolute Gasteiger partial charge is 0.493 e. The molecule has 0 N–H and O–H groups in total. The average molecular weight is 459 g/mol. The lowest BCUT2D eigenvalue weighted by Gasteiger charge is -2.32. The first-order chi connectivity index (χ1) is 13.0. The van der Waals surface area contributed by atoms with Gasteiger partial charge in [0.05, 0.1) is 31.6 Å². The Labute approximate surface area is 168 Å². The molecule has 2 aromatic rings. The van der Waals surface area contributed by atoms with Crippen molar-refractivity contribution < 1.29 is 28.2 Å². The highest BCUT2D eigenvalue weighted by Crippen LogP contribution is 2.43. The molecule has 1 saturated carbocycles. The van der Waals surface area contributed by atoms with E-state index in [1.165, 1.54) is 25.6 Å². The molecule has 5 nitrogen and oxygen atoms in total. The maximum absolute atomic E-state index is 15.0. The van der Waals surface area contributed by atoms with Crippen molar-refractivity contribution in [3.8, 4) is 11.5 Å². The third kappa shape index (κ3) is 3.82. The molecule has 2 atom stereocenters. The van der Waals surface area contributed by atoms with Crippen LogP contribution in [0.15, 0.2) is 12.1 Å². The molecule has 1 aliphatic carbocycles. The lowest BCUT2D eigenvalue weighted by Crippen LogP contribution is -2.38. The van der Waals surface area contributed by atoms with Gasteiger partial charge >= 0.3 is 5.97 Å². The molecule has 1 fully saturated rings. The minimum absolute atomic E-state index is 0.0545. The van der Waals surface area contributed by atoms with Crippen LogP contribution < -0.4 is 9.47 Å². The van der Waals surface area contributed by atoms with E-state index in [-0.39, 0.29) is 17.5 Å². The van der Waals surface area contributed by atoms with Gasteiger partial charge in [-0.15, -0.1) is 11.3 Å². The Morgan fingerprint density at radius 3 is 2.59 bits per heavy atom. The number of esters is 1. The fourth-order valence-electron chi connectivity index (χ4n) is 3.17. The average Bonchev–Trinajstić information content (AvgIpc) is 3.06. The van der Waals surface area contributed by atoms with Crippen molar-refractivity contribution in [2.45, 2.75) is 19.3 Å². The van der Waals surface area contributed by atoms with Crippen molar-refractivity contribution in [1.82, 2.24) is 0 Å². The molecule has 1 aromatic carbocycles. The number of benzene rings is 1.